The van der Waals surface area contributed by atoms with Gasteiger partial charge in [0, 0.05) is 18.3 Å². The molecular weight excluding hydrogens is 378 g/mol. The lowest BCUT2D eigenvalue weighted by Gasteiger charge is -2.17. The molecule has 2 N–H and O–H groups in total. The Morgan fingerprint density at radius 2 is 1.96 bits per heavy atom. The molecule has 0 saturated heterocycles. The number of benzene rings is 1. The van der Waals surface area contributed by atoms with Crippen LogP contribution in [0.1, 0.15) is 25.8 Å². The predicted octanol–water partition coefficient (Wildman–Crippen LogP) is 2.98. The Bertz CT molecular complexity index is 952. The first-order valence-corrected chi connectivity index (χ1v) is 9.40. The number of hydrogen-bond donors (Lipinski definition) is 2. The zero-order valence-electron chi connectivity index (χ0n) is 15.2. The fraction of sp³-hybridized carbons (Fsp3) is 0.150. The molecule has 3 rings (SSSR count). The van der Waals surface area contributed by atoms with Gasteiger partial charge < -0.3 is 20.0 Å². The number of anilines is 1. The minimum Gasteiger partial charge on any atom is -0.467 e. The Balaban J connectivity index is 1.57. The van der Waals surface area contributed by atoms with Crippen molar-refractivity contribution in [2.75, 3.05) is 18.9 Å². The van der Waals surface area contributed by atoms with E-state index in [1.165, 1.54) is 22.5 Å². The second kappa shape index (κ2) is 9.01. The molecule has 0 atom stereocenters. The Kier molecular flexibility index (Phi) is 6.23. The van der Waals surface area contributed by atoms with Crippen LogP contribution in [-0.4, -0.2) is 36.2 Å². The Hall–Kier alpha value is -3.39. The van der Waals surface area contributed by atoms with Crippen molar-refractivity contribution in [2.24, 2.45) is 0 Å². The predicted molar refractivity (Wildman–Crippen MR) is 106 cm³/mol. The SMILES string of the molecule is CN(CC(=O)NCc1ccco1)C(=O)c1cccc(NC(=O)c2cccs2)c1. The molecule has 2 heterocycles. The van der Waals surface area contributed by atoms with E-state index in [-0.39, 0.29) is 30.8 Å². The molecule has 0 fully saturated rings. The summed E-state index contributed by atoms with van der Waals surface area (Å²) in [6.07, 6.45) is 1.53. The van der Waals surface area contributed by atoms with Gasteiger partial charge in [0.1, 0.15) is 5.76 Å². The van der Waals surface area contributed by atoms with Gasteiger partial charge in [-0.2, -0.15) is 0 Å². The third-order valence-corrected chi connectivity index (χ3v) is 4.75. The molecular formula is C20H19N3O4S. The molecule has 0 unspecified atom stereocenters. The summed E-state index contributed by atoms with van der Waals surface area (Å²) in [6.45, 7) is 0.170. The van der Waals surface area contributed by atoms with Crippen molar-refractivity contribution < 1.29 is 18.8 Å². The van der Waals surface area contributed by atoms with Crippen molar-refractivity contribution >= 4 is 34.7 Å². The molecule has 0 aliphatic carbocycles. The van der Waals surface area contributed by atoms with Crippen LogP contribution in [0.5, 0.6) is 0 Å². The van der Waals surface area contributed by atoms with Gasteiger partial charge in [0.05, 0.1) is 24.2 Å². The molecule has 0 aliphatic rings. The van der Waals surface area contributed by atoms with Gasteiger partial charge in [-0.25, -0.2) is 0 Å². The van der Waals surface area contributed by atoms with E-state index in [4.69, 9.17) is 4.42 Å². The Morgan fingerprint density at radius 1 is 1.11 bits per heavy atom. The van der Waals surface area contributed by atoms with Crippen molar-refractivity contribution in [3.63, 3.8) is 0 Å². The maximum absolute atomic E-state index is 12.6. The molecule has 144 valence electrons. The Morgan fingerprint density at radius 3 is 2.68 bits per heavy atom. The third kappa shape index (κ3) is 5.08. The maximum atomic E-state index is 12.6. The van der Waals surface area contributed by atoms with Gasteiger partial charge >= 0.3 is 0 Å². The highest BCUT2D eigenvalue weighted by Crippen LogP contribution is 2.16. The van der Waals surface area contributed by atoms with Gasteiger partial charge in [-0.3, -0.25) is 14.4 Å². The number of amides is 3. The van der Waals surface area contributed by atoms with Crippen LogP contribution < -0.4 is 10.6 Å². The van der Waals surface area contributed by atoms with E-state index >= 15 is 0 Å². The fourth-order valence-electron chi connectivity index (χ4n) is 2.49. The Labute approximate surface area is 166 Å². The van der Waals surface area contributed by atoms with Gasteiger partial charge in [0.25, 0.3) is 11.8 Å². The second-order valence-electron chi connectivity index (χ2n) is 6.03. The number of furan rings is 1. The number of likely N-dealkylation sites (N-methyl/N-ethyl adjacent to an activating group) is 1. The molecule has 28 heavy (non-hydrogen) atoms. The van der Waals surface area contributed by atoms with Gasteiger partial charge in [0.15, 0.2) is 0 Å². The van der Waals surface area contributed by atoms with Gasteiger partial charge in [-0.15, -0.1) is 11.3 Å². The summed E-state index contributed by atoms with van der Waals surface area (Å²) in [7, 11) is 1.55. The van der Waals surface area contributed by atoms with Crippen molar-refractivity contribution in [1.82, 2.24) is 10.2 Å². The lowest BCUT2D eigenvalue weighted by atomic mass is 10.1. The quantitative estimate of drug-likeness (QED) is 0.641. The first-order chi connectivity index (χ1) is 13.5. The summed E-state index contributed by atoms with van der Waals surface area (Å²) in [5, 5.41) is 7.28. The number of thiophene rings is 1. The van der Waals surface area contributed by atoms with E-state index in [1.54, 1.807) is 55.6 Å². The highest BCUT2D eigenvalue weighted by atomic mass is 32.1. The van der Waals surface area contributed by atoms with Crippen molar-refractivity contribution in [3.8, 4) is 0 Å². The van der Waals surface area contributed by atoms with Crippen LogP contribution in [0.3, 0.4) is 0 Å². The molecule has 0 aliphatic heterocycles. The monoisotopic (exact) mass is 397 g/mol. The van der Waals surface area contributed by atoms with E-state index in [9.17, 15) is 14.4 Å². The van der Waals surface area contributed by atoms with Crippen LogP contribution in [-0.2, 0) is 11.3 Å². The fourth-order valence-corrected chi connectivity index (χ4v) is 3.11. The summed E-state index contributed by atoms with van der Waals surface area (Å²) < 4.78 is 5.15. The number of nitrogens with one attached hydrogen (secondary N) is 2. The van der Waals surface area contributed by atoms with Crippen molar-refractivity contribution in [3.05, 3.63) is 76.4 Å². The normalized spacial score (nSPS) is 10.3. The number of carbonyl (C=O) groups excluding carboxylic acids is 3. The first kappa shape index (κ1) is 19.4. The smallest absolute Gasteiger partial charge is 0.265 e. The van der Waals surface area contributed by atoms with E-state index in [0.717, 1.165) is 0 Å². The lowest BCUT2D eigenvalue weighted by molar-refractivity contribution is -0.121. The molecule has 3 amide bonds. The van der Waals surface area contributed by atoms with Gasteiger partial charge in [-0.05, 0) is 41.8 Å². The van der Waals surface area contributed by atoms with E-state index in [2.05, 4.69) is 10.6 Å². The zero-order valence-corrected chi connectivity index (χ0v) is 16.0. The third-order valence-electron chi connectivity index (χ3n) is 3.88. The summed E-state index contributed by atoms with van der Waals surface area (Å²) in [5.41, 5.74) is 0.894. The zero-order chi connectivity index (χ0) is 19.9. The largest absolute Gasteiger partial charge is 0.467 e. The highest BCUT2D eigenvalue weighted by molar-refractivity contribution is 7.12. The summed E-state index contributed by atoms with van der Waals surface area (Å²) in [5.74, 6) is -0.212. The maximum Gasteiger partial charge on any atom is 0.265 e. The van der Waals surface area contributed by atoms with Crippen molar-refractivity contribution in [1.29, 1.82) is 0 Å². The molecule has 0 bridgehead atoms. The lowest BCUT2D eigenvalue weighted by Crippen LogP contribution is -2.38. The topological polar surface area (TPSA) is 91.7 Å². The molecule has 0 saturated carbocycles. The van der Waals surface area contributed by atoms with Crippen LogP contribution in [0.2, 0.25) is 0 Å². The van der Waals surface area contributed by atoms with Crippen LogP contribution >= 0.6 is 11.3 Å². The summed E-state index contributed by atoms with van der Waals surface area (Å²) in [4.78, 5) is 38.7. The number of rotatable bonds is 7. The van der Waals surface area contributed by atoms with Crippen LogP contribution in [0.4, 0.5) is 5.69 Å². The second-order valence-corrected chi connectivity index (χ2v) is 6.98. The molecule has 8 heteroatoms. The minimum atomic E-state index is -0.319. The van der Waals surface area contributed by atoms with Gasteiger partial charge in [-0.1, -0.05) is 12.1 Å². The van der Waals surface area contributed by atoms with E-state index in [0.29, 0.717) is 21.9 Å². The van der Waals surface area contributed by atoms with Gasteiger partial charge in [0.2, 0.25) is 5.91 Å². The van der Waals surface area contributed by atoms with E-state index < -0.39 is 0 Å². The molecule has 2 aromatic heterocycles. The molecule has 1 aromatic carbocycles. The number of hydrogen-bond acceptors (Lipinski definition) is 5. The van der Waals surface area contributed by atoms with Crippen LogP contribution in [0, 0.1) is 0 Å². The summed E-state index contributed by atoms with van der Waals surface area (Å²) >= 11 is 1.34. The summed E-state index contributed by atoms with van der Waals surface area (Å²) in [6, 6.07) is 13.6. The molecule has 3 aromatic rings. The molecule has 7 nitrogen and oxygen atoms in total. The number of carbonyl (C=O) groups is 3. The average Bonchev–Trinajstić information content (AvgIpc) is 3.39. The average molecular weight is 397 g/mol. The number of nitrogens with zero attached hydrogens (tertiary/aromatic N) is 1. The minimum absolute atomic E-state index is 0.0919. The molecule has 0 radical (unpaired) electrons. The van der Waals surface area contributed by atoms with E-state index in [1.807, 2.05) is 5.38 Å². The van der Waals surface area contributed by atoms with Crippen LogP contribution in [0.25, 0.3) is 0 Å². The van der Waals surface area contributed by atoms with Crippen LogP contribution in [0.15, 0.2) is 64.6 Å². The first-order valence-electron chi connectivity index (χ1n) is 8.52. The standard InChI is InChI=1S/C20H19N3O4S/c1-23(13-18(24)21-12-16-7-3-9-27-16)20(26)14-5-2-6-15(11-14)22-19(25)17-8-4-10-28-17/h2-11H,12-13H2,1H3,(H,21,24)(H,22,25). The highest BCUT2D eigenvalue weighted by Gasteiger charge is 2.16. The molecule has 0 spiro atoms. The van der Waals surface area contributed by atoms with Crippen molar-refractivity contribution in [2.45, 2.75) is 6.54 Å².